The van der Waals surface area contributed by atoms with Gasteiger partial charge >= 0.3 is 6.18 Å². The second kappa shape index (κ2) is 6.99. The number of hydrogen-bond donors (Lipinski definition) is 0. The normalized spacial score (nSPS) is 11.3. The summed E-state index contributed by atoms with van der Waals surface area (Å²) < 4.78 is 46.6. The number of hydrogen-bond acceptors (Lipinski definition) is 6. The first-order chi connectivity index (χ1) is 11.9. The Labute approximate surface area is 155 Å². The van der Waals surface area contributed by atoms with Crippen LogP contribution < -0.4 is 4.74 Å². The van der Waals surface area contributed by atoms with Gasteiger partial charge in [0.25, 0.3) is 10.9 Å². The molecule has 0 radical (unpaired) electrons. The van der Waals surface area contributed by atoms with Gasteiger partial charge < -0.3 is 9.64 Å². The SMILES string of the molecule is CN(C)C(=S)Oc1cc([N+](=O)[O-])ccc1-n1c(C(F)(F)F)nn(C)c1=S. The number of rotatable bonds is 3. The van der Waals surface area contributed by atoms with E-state index in [0.717, 1.165) is 22.9 Å². The van der Waals surface area contributed by atoms with Crippen LogP contribution in [-0.4, -0.2) is 43.4 Å². The maximum absolute atomic E-state index is 13.3. The molecule has 13 heteroatoms. The molecule has 8 nitrogen and oxygen atoms in total. The van der Waals surface area contributed by atoms with E-state index < -0.39 is 16.9 Å². The Hall–Kier alpha value is -2.54. The number of halogens is 3. The number of aryl methyl sites for hydroxylation is 1. The van der Waals surface area contributed by atoms with Crippen LogP contribution in [0.1, 0.15) is 5.82 Å². The molecule has 0 atom stereocenters. The fourth-order valence-electron chi connectivity index (χ4n) is 1.93. The lowest BCUT2D eigenvalue weighted by molar-refractivity contribution is -0.384. The third-order valence-electron chi connectivity index (χ3n) is 3.14. The number of aromatic nitrogens is 3. The van der Waals surface area contributed by atoms with E-state index in [1.807, 2.05) is 0 Å². The number of ether oxygens (including phenoxy) is 1. The standard InChI is InChI=1S/C13H12F3N5O3S2/c1-18(2)12(26)24-9-6-7(21(22)23)4-5-8(9)20-10(13(14,15)16)17-19(3)11(20)25/h4-6H,1-3H3. The monoisotopic (exact) mass is 407 g/mol. The summed E-state index contributed by atoms with van der Waals surface area (Å²) in [5, 5.41) is 14.3. The Balaban J connectivity index is 2.76. The summed E-state index contributed by atoms with van der Waals surface area (Å²) in [5.41, 5.74) is -0.556. The molecule has 2 aromatic rings. The number of alkyl halides is 3. The predicted molar refractivity (Wildman–Crippen MR) is 91.9 cm³/mol. The van der Waals surface area contributed by atoms with E-state index in [1.165, 1.54) is 11.9 Å². The molecule has 26 heavy (non-hydrogen) atoms. The average molecular weight is 407 g/mol. The van der Waals surface area contributed by atoms with E-state index in [2.05, 4.69) is 5.10 Å². The highest BCUT2D eigenvalue weighted by atomic mass is 32.1. The molecule has 0 N–H and O–H groups in total. The zero-order chi connectivity index (χ0) is 19.8. The highest BCUT2D eigenvalue weighted by Crippen LogP contribution is 2.35. The molecule has 2 rings (SSSR count). The summed E-state index contributed by atoms with van der Waals surface area (Å²) in [6.07, 6.45) is -4.81. The minimum absolute atomic E-state index is 0.101. The van der Waals surface area contributed by atoms with Gasteiger partial charge in [-0.2, -0.15) is 13.2 Å². The fourth-order valence-corrected chi connectivity index (χ4v) is 2.25. The van der Waals surface area contributed by atoms with Crippen molar-refractivity contribution in [1.29, 1.82) is 0 Å². The van der Waals surface area contributed by atoms with Crippen molar-refractivity contribution in [1.82, 2.24) is 19.2 Å². The Morgan fingerprint density at radius 3 is 2.50 bits per heavy atom. The van der Waals surface area contributed by atoms with Crippen molar-refractivity contribution in [3.05, 3.63) is 38.9 Å². The van der Waals surface area contributed by atoms with E-state index in [1.54, 1.807) is 14.1 Å². The molecule has 0 aliphatic rings. The maximum Gasteiger partial charge on any atom is 0.452 e. The van der Waals surface area contributed by atoms with Crippen LogP contribution in [0.3, 0.4) is 0 Å². The highest BCUT2D eigenvalue weighted by molar-refractivity contribution is 7.80. The molecule has 0 aliphatic carbocycles. The summed E-state index contributed by atoms with van der Waals surface area (Å²) >= 11 is 9.98. The molecule has 0 saturated heterocycles. The Morgan fingerprint density at radius 1 is 1.38 bits per heavy atom. The van der Waals surface area contributed by atoms with Crippen LogP contribution in [-0.2, 0) is 13.2 Å². The number of benzene rings is 1. The van der Waals surface area contributed by atoms with Crippen LogP contribution in [0.15, 0.2) is 18.2 Å². The summed E-state index contributed by atoms with van der Waals surface area (Å²) in [4.78, 5) is 11.7. The van der Waals surface area contributed by atoms with E-state index in [-0.39, 0.29) is 27.1 Å². The molecule has 1 aromatic heterocycles. The first-order valence-corrected chi connectivity index (χ1v) is 7.66. The van der Waals surface area contributed by atoms with E-state index in [9.17, 15) is 23.3 Å². The Morgan fingerprint density at radius 2 is 2.00 bits per heavy atom. The van der Waals surface area contributed by atoms with Gasteiger partial charge in [-0.1, -0.05) is 0 Å². The third-order valence-corrected chi connectivity index (χ3v) is 4.03. The lowest BCUT2D eigenvalue weighted by atomic mass is 10.2. The van der Waals surface area contributed by atoms with Gasteiger partial charge in [0.2, 0.25) is 10.6 Å². The van der Waals surface area contributed by atoms with Crippen molar-refractivity contribution in [3.8, 4) is 11.4 Å². The van der Waals surface area contributed by atoms with Crippen molar-refractivity contribution < 1.29 is 22.8 Å². The van der Waals surface area contributed by atoms with Crippen LogP contribution in [0.25, 0.3) is 5.69 Å². The molecule has 0 spiro atoms. The molecule has 0 amide bonds. The van der Waals surface area contributed by atoms with Crippen LogP contribution >= 0.6 is 24.4 Å². The quantitative estimate of drug-likeness (QED) is 0.440. The van der Waals surface area contributed by atoms with Crippen LogP contribution in [0.5, 0.6) is 5.75 Å². The van der Waals surface area contributed by atoms with Crippen LogP contribution in [0.2, 0.25) is 0 Å². The number of nitro groups is 1. The largest absolute Gasteiger partial charge is 0.452 e. The first kappa shape index (κ1) is 19.8. The van der Waals surface area contributed by atoms with Crippen molar-refractivity contribution >= 4 is 35.3 Å². The molecule has 1 heterocycles. The second-order valence-corrected chi connectivity index (χ2v) is 5.95. The lowest BCUT2D eigenvalue weighted by Crippen LogP contribution is -2.25. The van der Waals surface area contributed by atoms with E-state index >= 15 is 0 Å². The van der Waals surface area contributed by atoms with Gasteiger partial charge in [-0.15, -0.1) is 5.10 Å². The smallest absolute Gasteiger partial charge is 0.429 e. The number of thiocarbonyl (C=S) groups is 1. The summed E-state index contributed by atoms with van der Waals surface area (Å²) in [7, 11) is 4.36. The van der Waals surface area contributed by atoms with Crippen LogP contribution in [0.4, 0.5) is 18.9 Å². The van der Waals surface area contributed by atoms with Gasteiger partial charge in [-0.25, -0.2) is 4.68 Å². The molecule has 0 aliphatic heterocycles. The summed E-state index contributed by atoms with van der Waals surface area (Å²) in [6.45, 7) is 0. The predicted octanol–water partition coefficient (Wildman–Crippen LogP) is 3.09. The van der Waals surface area contributed by atoms with Crippen LogP contribution in [0, 0.1) is 14.9 Å². The fraction of sp³-hybridized carbons (Fsp3) is 0.308. The Bertz CT molecular complexity index is 936. The summed E-state index contributed by atoms with van der Waals surface area (Å²) in [5.74, 6) is -1.55. The zero-order valence-corrected chi connectivity index (χ0v) is 15.3. The first-order valence-electron chi connectivity index (χ1n) is 6.84. The van der Waals surface area contributed by atoms with Crippen molar-refractivity contribution in [3.63, 3.8) is 0 Å². The molecule has 1 aromatic carbocycles. The number of non-ortho nitro benzene ring substituents is 1. The molecule has 140 valence electrons. The third kappa shape index (κ3) is 3.83. The van der Waals surface area contributed by atoms with Crippen molar-refractivity contribution in [2.75, 3.05) is 14.1 Å². The van der Waals surface area contributed by atoms with Crippen molar-refractivity contribution in [2.24, 2.45) is 7.05 Å². The van der Waals surface area contributed by atoms with E-state index in [4.69, 9.17) is 29.2 Å². The highest BCUT2D eigenvalue weighted by Gasteiger charge is 2.39. The van der Waals surface area contributed by atoms with Gasteiger partial charge in [0, 0.05) is 27.2 Å². The lowest BCUT2D eigenvalue weighted by Gasteiger charge is -2.17. The number of nitrogens with zero attached hydrogens (tertiary/aromatic N) is 5. The van der Waals surface area contributed by atoms with Gasteiger partial charge in [0.15, 0.2) is 5.75 Å². The molecule has 0 saturated carbocycles. The summed E-state index contributed by atoms with van der Waals surface area (Å²) in [6, 6.07) is 3.11. The molecule has 0 fully saturated rings. The minimum Gasteiger partial charge on any atom is -0.429 e. The maximum atomic E-state index is 13.3. The van der Waals surface area contributed by atoms with Gasteiger partial charge in [0.05, 0.1) is 16.7 Å². The molecule has 0 unspecified atom stereocenters. The number of nitro benzene ring substituents is 1. The topological polar surface area (TPSA) is 78.4 Å². The van der Waals surface area contributed by atoms with Gasteiger partial charge in [-0.3, -0.25) is 14.7 Å². The molecular formula is C13H12F3N5O3S2. The van der Waals surface area contributed by atoms with E-state index in [0.29, 0.717) is 4.57 Å². The minimum atomic E-state index is -4.81. The second-order valence-electron chi connectivity index (χ2n) is 5.23. The van der Waals surface area contributed by atoms with Gasteiger partial charge in [0.1, 0.15) is 0 Å². The zero-order valence-electron chi connectivity index (χ0n) is 13.6. The Kier molecular flexibility index (Phi) is 5.32. The van der Waals surface area contributed by atoms with Crippen molar-refractivity contribution in [2.45, 2.75) is 6.18 Å². The average Bonchev–Trinajstić information content (AvgIpc) is 2.83. The molecular weight excluding hydrogens is 395 g/mol. The van der Waals surface area contributed by atoms with Gasteiger partial charge in [-0.05, 0) is 30.5 Å². The molecule has 0 bridgehead atoms.